The summed E-state index contributed by atoms with van der Waals surface area (Å²) in [5.74, 6) is 1.83. The van der Waals surface area contributed by atoms with E-state index in [4.69, 9.17) is 9.47 Å². The SMILES string of the molecule is CC(C)(C)C1CCC(COC(=O)C2C3CCC(C)(C3)C2C(=O)OCC2CCC(C(C)(C)C)CC2)CC1. The van der Waals surface area contributed by atoms with E-state index in [0.29, 0.717) is 35.9 Å². The molecule has 4 heteroatoms. The number of fused-ring (bicyclic) bond motifs is 2. The smallest absolute Gasteiger partial charge is 0.310 e. The molecule has 0 spiro atoms. The minimum Gasteiger partial charge on any atom is -0.465 e. The number of carbonyl (C=O) groups excluding carboxylic acids is 2. The Kier molecular flexibility index (Phi) is 8.23. The van der Waals surface area contributed by atoms with Gasteiger partial charge in [0.2, 0.25) is 0 Å². The van der Waals surface area contributed by atoms with Crippen LogP contribution >= 0.6 is 0 Å². The van der Waals surface area contributed by atoms with E-state index in [-0.39, 0.29) is 35.1 Å². The lowest BCUT2D eigenvalue weighted by molar-refractivity contribution is -0.167. The van der Waals surface area contributed by atoms with Crippen LogP contribution in [0.2, 0.25) is 0 Å². The lowest BCUT2D eigenvalue weighted by Gasteiger charge is -2.38. The van der Waals surface area contributed by atoms with Gasteiger partial charge in [0.1, 0.15) is 0 Å². The van der Waals surface area contributed by atoms with Crippen LogP contribution in [0, 0.1) is 57.7 Å². The van der Waals surface area contributed by atoms with Gasteiger partial charge in [0.15, 0.2) is 0 Å². The maximum absolute atomic E-state index is 13.4. The van der Waals surface area contributed by atoms with Crippen LogP contribution in [0.15, 0.2) is 0 Å². The average molecular weight is 503 g/mol. The zero-order valence-corrected chi connectivity index (χ0v) is 24.4. The number of ether oxygens (including phenoxy) is 2. The number of esters is 2. The van der Waals surface area contributed by atoms with Gasteiger partial charge in [-0.25, -0.2) is 0 Å². The molecule has 4 fully saturated rings. The summed E-state index contributed by atoms with van der Waals surface area (Å²) in [5.41, 5.74) is 0.610. The second kappa shape index (κ2) is 10.6. The van der Waals surface area contributed by atoms with Crippen LogP contribution < -0.4 is 0 Å². The molecule has 4 aliphatic carbocycles. The van der Waals surface area contributed by atoms with Crippen LogP contribution in [-0.2, 0) is 19.1 Å². The molecule has 206 valence electrons. The second-order valence-electron chi connectivity index (χ2n) is 15.6. The Hall–Kier alpha value is -1.06. The fourth-order valence-corrected chi connectivity index (χ4v) is 8.35. The highest BCUT2D eigenvalue weighted by molar-refractivity contribution is 5.84. The van der Waals surface area contributed by atoms with E-state index in [0.717, 1.165) is 56.8 Å². The van der Waals surface area contributed by atoms with Crippen molar-refractivity contribution >= 4 is 11.9 Å². The number of rotatable bonds is 6. The molecule has 4 nitrogen and oxygen atoms in total. The molecule has 4 aliphatic rings. The first-order chi connectivity index (χ1) is 16.8. The van der Waals surface area contributed by atoms with Gasteiger partial charge in [-0.3, -0.25) is 9.59 Å². The third-order valence-corrected chi connectivity index (χ3v) is 11.0. The highest BCUT2D eigenvalue weighted by atomic mass is 16.5. The molecule has 4 unspecified atom stereocenters. The maximum Gasteiger partial charge on any atom is 0.310 e. The van der Waals surface area contributed by atoms with E-state index in [1.807, 2.05) is 0 Å². The van der Waals surface area contributed by atoms with Gasteiger partial charge in [-0.1, -0.05) is 48.5 Å². The third-order valence-electron chi connectivity index (χ3n) is 11.0. The van der Waals surface area contributed by atoms with Gasteiger partial charge in [0.25, 0.3) is 0 Å². The molecule has 36 heavy (non-hydrogen) atoms. The minimum atomic E-state index is -0.328. The van der Waals surface area contributed by atoms with E-state index >= 15 is 0 Å². The molecule has 4 atom stereocenters. The summed E-state index contributed by atoms with van der Waals surface area (Å²) in [7, 11) is 0. The third kappa shape index (κ3) is 6.15. The monoisotopic (exact) mass is 502 g/mol. The Balaban J connectivity index is 1.28. The van der Waals surface area contributed by atoms with Gasteiger partial charge < -0.3 is 9.47 Å². The first-order valence-electron chi connectivity index (χ1n) is 15.1. The van der Waals surface area contributed by atoms with Crippen molar-refractivity contribution in [3.63, 3.8) is 0 Å². The van der Waals surface area contributed by atoms with Crippen molar-refractivity contribution in [1.82, 2.24) is 0 Å². The van der Waals surface area contributed by atoms with Crippen LogP contribution in [0.5, 0.6) is 0 Å². The van der Waals surface area contributed by atoms with Crippen LogP contribution in [0.1, 0.15) is 119 Å². The maximum atomic E-state index is 13.4. The Labute approximate surface area is 221 Å². The lowest BCUT2D eigenvalue weighted by Crippen LogP contribution is -2.41. The molecule has 0 aromatic rings. The molecular weight excluding hydrogens is 448 g/mol. The molecule has 2 bridgehead atoms. The quantitative estimate of drug-likeness (QED) is 0.347. The Morgan fingerprint density at radius 3 is 1.58 bits per heavy atom. The summed E-state index contributed by atoms with van der Waals surface area (Å²) in [6.07, 6.45) is 12.5. The highest BCUT2D eigenvalue weighted by Crippen LogP contribution is 2.61. The van der Waals surface area contributed by atoms with E-state index in [1.165, 1.54) is 25.7 Å². The molecule has 0 radical (unpaired) electrons. The molecule has 4 rings (SSSR count). The fourth-order valence-electron chi connectivity index (χ4n) is 8.35. The molecule has 0 saturated heterocycles. The van der Waals surface area contributed by atoms with E-state index in [1.54, 1.807) is 0 Å². The Bertz CT molecular complexity index is 773. The van der Waals surface area contributed by atoms with Crippen LogP contribution in [0.3, 0.4) is 0 Å². The average Bonchev–Trinajstić information content (AvgIpc) is 3.34. The Morgan fingerprint density at radius 2 is 1.14 bits per heavy atom. The molecular formula is C32H54O4. The predicted octanol–water partition coefficient (Wildman–Crippen LogP) is 7.83. The van der Waals surface area contributed by atoms with Crippen molar-refractivity contribution in [1.29, 1.82) is 0 Å². The van der Waals surface area contributed by atoms with Crippen molar-refractivity contribution in [2.45, 2.75) is 119 Å². The summed E-state index contributed by atoms with van der Waals surface area (Å²) in [6.45, 7) is 17.3. The lowest BCUT2D eigenvalue weighted by atomic mass is 9.70. The van der Waals surface area contributed by atoms with Crippen molar-refractivity contribution in [3.8, 4) is 0 Å². The molecule has 0 aromatic carbocycles. The Morgan fingerprint density at radius 1 is 0.694 bits per heavy atom. The molecule has 0 aromatic heterocycles. The molecule has 4 saturated carbocycles. The van der Waals surface area contributed by atoms with Gasteiger partial charge >= 0.3 is 11.9 Å². The van der Waals surface area contributed by atoms with Crippen LogP contribution in [0.4, 0.5) is 0 Å². The molecule has 0 heterocycles. The number of carbonyl (C=O) groups is 2. The van der Waals surface area contributed by atoms with Crippen molar-refractivity contribution in [2.75, 3.05) is 13.2 Å². The van der Waals surface area contributed by atoms with Crippen molar-refractivity contribution in [3.05, 3.63) is 0 Å². The first-order valence-corrected chi connectivity index (χ1v) is 15.1. The van der Waals surface area contributed by atoms with Gasteiger partial charge in [-0.2, -0.15) is 0 Å². The summed E-state index contributed by atoms with van der Waals surface area (Å²) < 4.78 is 11.9. The zero-order chi connectivity index (χ0) is 26.3. The van der Waals surface area contributed by atoms with Crippen LogP contribution in [-0.4, -0.2) is 25.2 Å². The van der Waals surface area contributed by atoms with Gasteiger partial charge in [-0.15, -0.1) is 0 Å². The molecule has 0 aliphatic heterocycles. The summed E-state index contributed by atoms with van der Waals surface area (Å²) in [4.78, 5) is 26.8. The van der Waals surface area contributed by atoms with Crippen LogP contribution in [0.25, 0.3) is 0 Å². The summed E-state index contributed by atoms with van der Waals surface area (Å²) in [6, 6.07) is 0. The van der Waals surface area contributed by atoms with E-state index in [9.17, 15) is 9.59 Å². The summed E-state index contributed by atoms with van der Waals surface area (Å²) >= 11 is 0. The summed E-state index contributed by atoms with van der Waals surface area (Å²) in [5, 5.41) is 0. The topological polar surface area (TPSA) is 52.6 Å². The highest BCUT2D eigenvalue weighted by Gasteiger charge is 2.61. The van der Waals surface area contributed by atoms with Crippen molar-refractivity contribution in [2.24, 2.45) is 57.7 Å². The number of hydrogen-bond acceptors (Lipinski definition) is 4. The van der Waals surface area contributed by atoms with Gasteiger partial charge in [0.05, 0.1) is 25.0 Å². The largest absolute Gasteiger partial charge is 0.465 e. The number of hydrogen-bond donors (Lipinski definition) is 0. The first kappa shape index (κ1) is 28.0. The van der Waals surface area contributed by atoms with Gasteiger partial charge in [-0.05, 0) is 116 Å². The van der Waals surface area contributed by atoms with Gasteiger partial charge in [0, 0.05) is 0 Å². The van der Waals surface area contributed by atoms with E-state index < -0.39 is 0 Å². The van der Waals surface area contributed by atoms with E-state index in [2.05, 4.69) is 48.5 Å². The minimum absolute atomic E-state index is 0.111. The fraction of sp³-hybridized carbons (Fsp3) is 0.938. The second-order valence-corrected chi connectivity index (χ2v) is 15.6. The predicted molar refractivity (Wildman–Crippen MR) is 144 cm³/mol. The molecule has 0 N–H and O–H groups in total. The van der Waals surface area contributed by atoms with Crippen molar-refractivity contribution < 1.29 is 19.1 Å². The molecule has 0 amide bonds. The normalized spacial score (nSPS) is 39.1. The zero-order valence-electron chi connectivity index (χ0n) is 24.4. The standard InChI is InChI=1S/C32H54O4/c1-30(2,3)24-12-8-21(9-13-24)19-35-28(33)26-23-16-17-32(7,18-23)27(26)29(34)36-20-22-10-14-25(15-11-22)31(4,5)6/h21-27H,8-20H2,1-7H3.